The van der Waals surface area contributed by atoms with Crippen LogP contribution < -0.4 is 10.9 Å². The van der Waals surface area contributed by atoms with Crippen molar-refractivity contribution in [2.24, 2.45) is 0 Å². The maximum Gasteiger partial charge on any atom is 0.269 e. The smallest absolute Gasteiger partial charge is 0.269 e. The van der Waals surface area contributed by atoms with Gasteiger partial charge in [0.2, 0.25) is 0 Å². The minimum absolute atomic E-state index is 0.167. The van der Waals surface area contributed by atoms with E-state index in [-0.39, 0.29) is 29.5 Å². The second-order valence-electron chi connectivity index (χ2n) is 8.14. The van der Waals surface area contributed by atoms with Gasteiger partial charge in [-0.1, -0.05) is 24.3 Å². The van der Waals surface area contributed by atoms with E-state index in [0.29, 0.717) is 35.4 Å². The lowest BCUT2D eigenvalue weighted by atomic mass is 10.1. The minimum Gasteiger partial charge on any atom is -0.349 e. The normalized spacial score (nSPS) is 11.1. The van der Waals surface area contributed by atoms with Crippen LogP contribution in [0.15, 0.2) is 71.9 Å². The first-order valence-corrected chi connectivity index (χ1v) is 11.0. The molecule has 5 rings (SSSR count). The van der Waals surface area contributed by atoms with Crippen molar-refractivity contribution in [1.82, 2.24) is 34.8 Å². The van der Waals surface area contributed by atoms with Crippen molar-refractivity contribution >= 4 is 16.9 Å². The van der Waals surface area contributed by atoms with E-state index in [0.717, 1.165) is 11.1 Å². The Bertz CT molecular complexity index is 1570. The topological polar surface area (TPSA) is 110 Å². The Hall–Kier alpha value is -4.60. The number of nitrogens with zero attached hydrogens (tertiary/aromatic N) is 5. The highest BCUT2D eigenvalue weighted by atomic mass is 19.1. The summed E-state index contributed by atoms with van der Waals surface area (Å²) in [5.41, 5.74) is 3.97. The van der Waals surface area contributed by atoms with E-state index in [4.69, 9.17) is 0 Å². The van der Waals surface area contributed by atoms with Gasteiger partial charge in [0.05, 0.1) is 25.0 Å². The highest BCUT2D eigenvalue weighted by Crippen LogP contribution is 2.18. The van der Waals surface area contributed by atoms with E-state index < -0.39 is 0 Å². The van der Waals surface area contributed by atoms with Crippen LogP contribution in [-0.4, -0.2) is 42.0 Å². The summed E-state index contributed by atoms with van der Waals surface area (Å²) in [6.07, 6.45) is 3.03. The highest BCUT2D eigenvalue weighted by Gasteiger charge is 2.13. The average molecular weight is 471 g/mol. The van der Waals surface area contributed by atoms with Crippen LogP contribution in [0.25, 0.3) is 22.3 Å². The Morgan fingerprint density at radius 3 is 2.74 bits per heavy atom. The zero-order valence-corrected chi connectivity index (χ0v) is 18.9. The summed E-state index contributed by atoms with van der Waals surface area (Å²) in [6, 6.07) is 15.4. The molecule has 0 atom stereocenters. The molecule has 5 aromatic rings. The average Bonchev–Trinajstić information content (AvgIpc) is 3.51. The lowest BCUT2D eigenvalue weighted by molar-refractivity contribution is 0.0947. The third-order valence-corrected chi connectivity index (χ3v) is 5.80. The molecule has 0 saturated carbocycles. The molecule has 9 nitrogen and oxygen atoms in total. The number of carbonyl (C=O) groups is 1. The minimum atomic E-state index is -0.340. The number of carbonyl (C=O) groups excluding carboxylic acids is 1. The molecular weight excluding hydrogens is 449 g/mol. The Balaban J connectivity index is 1.24. The molecule has 0 spiro atoms. The summed E-state index contributed by atoms with van der Waals surface area (Å²) in [4.78, 5) is 29.9. The number of aromatic amines is 1. The van der Waals surface area contributed by atoms with Crippen LogP contribution in [0.3, 0.4) is 0 Å². The zero-order valence-electron chi connectivity index (χ0n) is 18.9. The number of aromatic nitrogens is 6. The van der Waals surface area contributed by atoms with E-state index in [1.807, 2.05) is 31.2 Å². The van der Waals surface area contributed by atoms with Crippen LogP contribution in [0, 0.1) is 12.7 Å². The van der Waals surface area contributed by atoms with Crippen molar-refractivity contribution in [2.75, 3.05) is 6.54 Å². The number of benzene rings is 2. The summed E-state index contributed by atoms with van der Waals surface area (Å²) < 4.78 is 16.3. The van der Waals surface area contributed by atoms with Crippen LogP contribution in [0.5, 0.6) is 0 Å². The summed E-state index contributed by atoms with van der Waals surface area (Å²) in [5, 5.41) is 14.3. The fourth-order valence-electron chi connectivity index (χ4n) is 3.82. The number of halogens is 1. The van der Waals surface area contributed by atoms with E-state index in [9.17, 15) is 14.0 Å². The summed E-state index contributed by atoms with van der Waals surface area (Å²) in [7, 11) is 0. The molecule has 2 N–H and O–H groups in total. The number of amides is 1. The Kier molecular flexibility index (Phi) is 5.92. The molecule has 0 aliphatic rings. The summed E-state index contributed by atoms with van der Waals surface area (Å²) in [5.74, 6) is -0.677. The number of hydrogen-bond acceptors (Lipinski definition) is 5. The summed E-state index contributed by atoms with van der Waals surface area (Å²) >= 11 is 0. The van der Waals surface area contributed by atoms with Gasteiger partial charge in [0, 0.05) is 12.1 Å². The second-order valence-corrected chi connectivity index (χ2v) is 8.14. The van der Waals surface area contributed by atoms with Crippen LogP contribution in [0.4, 0.5) is 4.39 Å². The molecule has 0 aliphatic heterocycles. The second kappa shape index (κ2) is 9.34. The first-order valence-electron chi connectivity index (χ1n) is 11.0. The van der Waals surface area contributed by atoms with Gasteiger partial charge in [-0.25, -0.2) is 14.1 Å². The molecule has 1 amide bonds. The molecule has 0 fully saturated rings. The number of rotatable bonds is 7. The third kappa shape index (κ3) is 4.58. The van der Waals surface area contributed by atoms with Gasteiger partial charge in [-0.05, 0) is 48.4 Å². The molecule has 0 bridgehead atoms. The molecule has 0 aliphatic carbocycles. The van der Waals surface area contributed by atoms with Crippen molar-refractivity contribution in [3.05, 3.63) is 100 Å². The van der Waals surface area contributed by atoms with Crippen molar-refractivity contribution < 1.29 is 9.18 Å². The van der Waals surface area contributed by atoms with Crippen LogP contribution in [-0.2, 0) is 13.1 Å². The predicted octanol–water partition coefficient (Wildman–Crippen LogP) is 2.91. The number of H-pyrrole nitrogens is 1. The quantitative estimate of drug-likeness (QED) is 0.379. The van der Waals surface area contributed by atoms with Gasteiger partial charge in [0.1, 0.15) is 23.2 Å². The van der Waals surface area contributed by atoms with Gasteiger partial charge in [0.15, 0.2) is 5.65 Å². The van der Waals surface area contributed by atoms with Crippen LogP contribution in [0.2, 0.25) is 0 Å². The lowest BCUT2D eigenvalue weighted by Crippen LogP contribution is -2.28. The molecule has 176 valence electrons. The number of fused-ring (bicyclic) bond motifs is 1. The zero-order chi connectivity index (χ0) is 24.4. The van der Waals surface area contributed by atoms with E-state index >= 15 is 0 Å². The van der Waals surface area contributed by atoms with Gasteiger partial charge < -0.3 is 5.32 Å². The fraction of sp³-hybridized carbons (Fsp3) is 0.160. The lowest BCUT2D eigenvalue weighted by Gasteiger charge is -2.09. The van der Waals surface area contributed by atoms with Crippen molar-refractivity contribution in [1.29, 1.82) is 0 Å². The van der Waals surface area contributed by atoms with Gasteiger partial charge in [-0.2, -0.15) is 10.2 Å². The van der Waals surface area contributed by atoms with Gasteiger partial charge >= 0.3 is 0 Å². The Labute approximate surface area is 199 Å². The standard InChI is InChI=1S/C25H22FN7O2/c1-16-4-2-3-5-18(16)14-32-15-28-23-20(25(32)35)13-29-33(23)11-10-27-24(34)22-12-21(30-31-22)17-6-8-19(26)9-7-17/h2-9,12-13,15H,10-11,14H2,1H3,(H,27,34)(H,30,31). The van der Waals surface area contributed by atoms with Crippen molar-refractivity contribution in [3.8, 4) is 11.3 Å². The van der Waals surface area contributed by atoms with E-state index in [1.54, 1.807) is 27.4 Å². The Morgan fingerprint density at radius 1 is 1.14 bits per heavy atom. The monoisotopic (exact) mass is 471 g/mol. The number of hydrogen-bond donors (Lipinski definition) is 2. The third-order valence-electron chi connectivity index (χ3n) is 5.80. The molecule has 35 heavy (non-hydrogen) atoms. The van der Waals surface area contributed by atoms with Crippen LogP contribution in [0.1, 0.15) is 21.6 Å². The molecule has 3 heterocycles. The first-order chi connectivity index (χ1) is 17.0. The summed E-state index contributed by atoms with van der Waals surface area (Å²) in [6.45, 7) is 3.04. The largest absolute Gasteiger partial charge is 0.349 e. The highest BCUT2D eigenvalue weighted by molar-refractivity contribution is 5.93. The molecular formula is C25H22FN7O2. The maximum absolute atomic E-state index is 13.1. The molecule has 0 radical (unpaired) electrons. The maximum atomic E-state index is 13.1. The molecule has 2 aromatic carbocycles. The predicted molar refractivity (Wildman–Crippen MR) is 128 cm³/mol. The number of aryl methyl sites for hydroxylation is 1. The van der Waals surface area contributed by atoms with E-state index in [2.05, 4.69) is 25.6 Å². The SMILES string of the molecule is Cc1ccccc1Cn1cnc2c(cnn2CCNC(=O)c2cc(-c3ccc(F)cc3)n[nH]2)c1=O. The van der Waals surface area contributed by atoms with Crippen molar-refractivity contribution in [3.63, 3.8) is 0 Å². The Morgan fingerprint density at radius 2 is 1.94 bits per heavy atom. The van der Waals surface area contributed by atoms with Gasteiger partial charge in [-0.15, -0.1) is 0 Å². The first kappa shape index (κ1) is 22.2. The van der Waals surface area contributed by atoms with Gasteiger partial charge in [-0.3, -0.25) is 19.3 Å². The molecule has 0 saturated heterocycles. The van der Waals surface area contributed by atoms with E-state index in [1.165, 1.54) is 24.7 Å². The number of nitrogens with one attached hydrogen (secondary N) is 2. The van der Waals surface area contributed by atoms with Crippen molar-refractivity contribution in [2.45, 2.75) is 20.0 Å². The molecule has 0 unspecified atom stereocenters. The fourth-order valence-corrected chi connectivity index (χ4v) is 3.82. The van der Waals surface area contributed by atoms with Crippen LogP contribution >= 0.6 is 0 Å². The molecule has 10 heteroatoms. The van der Waals surface area contributed by atoms with Gasteiger partial charge in [0.25, 0.3) is 11.5 Å². The molecule has 3 aromatic heterocycles.